The Morgan fingerprint density at radius 1 is 1.36 bits per heavy atom. The molecule has 1 atom stereocenters. The number of aryl methyl sites for hydroxylation is 2. The molecule has 0 amide bonds. The van der Waals surface area contributed by atoms with E-state index in [1.165, 1.54) is 16.9 Å². The normalized spacial score (nSPS) is 18.6. The largest absolute Gasteiger partial charge is 0.278 e. The quantitative estimate of drug-likeness (QED) is 0.864. The lowest BCUT2D eigenvalue weighted by atomic mass is 9.72. The van der Waals surface area contributed by atoms with Crippen molar-refractivity contribution in [3.63, 3.8) is 0 Å². The first-order valence-corrected chi connectivity index (χ1v) is 9.11. The molecular weight excluding hydrogens is 294 g/mol. The summed E-state index contributed by atoms with van der Waals surface area (Å²) in [5.41, 5.74) is 1.64. The molecule has 0 N–H and O–H groups in total. The van der Waals surface area contributed by atoms with Crippen LogP contribution < -0.4 is 5.56 Å². The van der Waals surface area contributed by atoms with Crippen molar-refractivity contribution >= 4 is 21.6 Å². The zero-order chi connectivity index (χ0) is 15.9. The molecule has 0 fully saturated rings. The molecule has 4 nitrogen and oxygen atoms in total. The maximum atomic E-state index is 12.7. The lowest BCUT2D eigenvalue weighted by molar-refractivity contribution is 0.218. The summed E-state index contributed by atoms with van der Waals surface area (Å²) in [5, 5.41) is 9.28. The average molecular weight is 319 g/mol. The maximum Gasteiger partial charge on any atom is 0.278 e. The second-order valence-corrected chi connectivity index (χ2v) is 8.54. The van der Waals surface area contributed by atoms with Crippen molar-refractivity contribution in [2.75, 3.05) is 0 Å². The van der Waals surface area contributed by atoms with Gasteiger partial charge in [0.2, 0.25) is 0 Å². The summed E-state index contributed by atoms with van der Waals surface area (Å²) in [6.45, 7) is 9.73. The Morgan fingerprint density at radius 2 is 2.14 bits per heavy atom. The van der Waals surface area contributed by atoms with Gasteiger partial charge in [-0.05, 0) is 42.6 Å². The molecule has 0 aliphatic heterocycles. The van der Waals surface area contributed by atoms with Crippen molar-refractivity contribution in [1.29, 1.82) is 0 Å². The van der Waals surface area contributed by atoms with Crippen molar-refractivity contribution in [1.82, 2.24) is 15.0 Å². The van der Waals surface area contributed by atoms with E-state index in [1.54, 1.807) is 16.0 Å². The van der Waals surface area contributed by atoms with Gasteiger partial charge < -0.3 is 0 Å². The molecule has 5 heteroatoms. The molecule has 0 aromatic carbocycles. The number of hydrogen-bond donors (Lipinski definition) is 0. The Bertz CT molecular complexity index is 739. The number of hydrogen-bond acceptors (Lipinski definition) is 4. The lowest BCUT2D eigenvalue weighted by Crippen LogP contribution is -2.27. The SMILES string of the molecule is CCCCn1nnc2sc3c(c2c1=O)CCC(C(C)(C)C)C3. The summed E-state index contributed by atoms with van der Waals surface area (Å²) < 4.78 is 1.55. The molecule has 1 aliphatic carbocycles. The molecule has 120 valence electrons. The van der Waals surface area contributed by atoms with E-state index in [9.17, 15) is 4.79 Å². The minimum absolute atomic E-state index is 0.0603. The van der Waals surface area contributed by atoms with Crippen LogP contribution in [0.5, 0.6) is 0 Å². The third kappa shape index (κ3) is 2.71. The van der Waals surface area contributed by atoms with Gasteiger partial charge in [-0.2, -0.15) is 0 Å². The predicted octanol–water partition coefficient (Wildman–Crippen LogP) is 3.80. The second kappa shape index (κ2) is 5.76. The second-order valence-electron chi connectivity index (χ2n) is 7.46. The van der Waals surface area contributed by atoms with Gasteiger partial charge >= 0.3 is 0 Å². The monoisotopic (exact) mass is 319 g/mol. The van der Waals surface area contributed by atoms with Crippen LogP contribution in [-0.2, 0) is 19.4 Å². The summed E-state index contributed by atoms with van der Waals surface area (Å²) in [4.78, 5) is 14.9. The fraction of sp³-hybridized carbons (Fsp3) is 0.706. The van der Waals surface area contributed by atoms with Gasteiger partial charge in [-0.25, -0.2) is 4.68 Å². The summed E-state index contributed by atoms with van der Waals surface area (Å²) >= 11 is 1.68. The number of unbranched alkanes of at least 4 members (excludes halogenated alkanes) is 1. The van der Waals surface area contributed by atoms with Crippen LogP contribution in [0, 0.1) is 11.3 Å². The van der Waals surface area contributed by atoms with Crippen molar-refractivity contribution in [3.8, 4) is 0 Å². The van der Waals surface area contributed by atoms with Gasteiger partial charge in [0.1, 0.15) is 0 Å². The standard InChI is InChI=1S/C17H25N3OS/c1-5-6-9-20-16(21)14-12-8-7-11(17(2,3)4)10-13(12)22-15(14)18-19-20/h11H,5-10H2,1-4H3. The summed E-state index contributed by atoms with van der Waals surface area (Å²) in [5.74, 6) is 0.684. The predicted molar refractivity (Wildman–Crippen MR) is 91.6 cm³/mol. The molecule has 1 aliphatic rings. The molecule has 22 heavy (non-hydrogen) atoms. The first-order valence-electron chi connectivity index (χ1n) is 8.30. The third-order valence-corrected chi connectivity index (χ3v) is 6.03. The van der Waals surface area contributed by atoms with Gasteiger partial charge in [0.25, 0.3) is 5.56 Å². The smallest absolute Gasteiger partial charge is 0.267 e. The minimum Gasteiger partial charge on any atom is -0.267 e. The molecular formula is C17H25N3OS. The van der Waals surface area contributed by atoms with E-state index in [0.717, 1.165) is 35.9 Å². The van der Waals surface area contributed by atoms with Gasteiger partial charge in [0.05, 0.1) is 5.39 Å². The molecule has 0 saturated carbocycles. The van der Waals surface area contributed by atoms with Crippen LogP contribution in [-0.4, -0.2) is 15.0 Å². The van der Waals surface area contributed by atoms with Crippen molar-refractivity contribution in [2.24, 2.45) is 11.3 Å². The van der Waals surface area contributed by atoms with Crippen LogP contribution >= 0.6 is 11.3 Å². The first-order chi connectivity index (χ1) is 10.4. The Balaban J connectivity index is 2.03. The number of fused-ring (bicyclic) bond motifs is 3. The summed E-state index contributed by atoms with van der Waals surface area (Å²) in [6, 6.07) is 0. The van der Waals surface area contributed by atoms with Crippen LogP contribution in [0.15, 0.2) is 4.79 Å². The van der Waals surface area contributed by atoms with Crippen molar-refractivity contribution < 1.29 is 0 Å². The highest BCUT2D eigenvalue weighted by Gasteiger charge is 2.31. The molecule has 0 radical (unpaired) electrons. The highest BCUT2D eigenvalue weighted by Crippen LogP contribution is 2.41. The van der Waals surface area contributed by atoms with E-state index in [2.05, 4.69) is 38.0 Å². The van der Waals surface area contributed by atoms with Gasteiger partial charge in [-0.15, -0.1) is 16.4 Å². The fourth-order valence-electron chi connectivity index (χ4n) is 3.32. The highest BCUT2D eigenvalue weighted by molar-refractivity contribution is 7.18. The summed E-state index contributed by atoms with van der Waals surface area (Å²) in [6.07, 6.45) is 5.28. The lowest BCUT2D eigenvalue weighted by Gasteiger charge is -2.33. The Kier molecular flexibility index (Phi) is 4.10. The molecule has 0 saturated heterocycles. The average Bonchev–Trinajstić information content (AvgIpc) is 2.84. The zero-order valence-electron chi connectivity index (χ0n) is 14.0. The van der Waals surface area contributed by atoms with Gasteiger partial charge in [0, 0.05) is 11.4 Å². The number of thiophene rings is 1. The van der Waals surface area contributed by atoms with E-state index in [-0.39, 0.29) is 5.56 Å². The minimum atomic E-state index is 0.0603. The third-order valence-electron chi connectivity index (χ3n) is 4.89. The number of nitrogens with zero attached hydrogens (tertiary/aromatic N) is 3. The molecule has 2 aromatic heterocycles. The Labute approximate surface area is 135 Å². The first kappa shape index (κ1) is 15.7. The van der Waals surface area contributed by atoms with E-state index >= 15 is 0 Å². The topological polar surface area (TPSA) is 47.8 Å². The maximum absolute atomic E-state index is 12.7. The number of rotatable bonds is 3. The highest BCUT2D eigenvalue weighted by atomic mass is 32.1. The number of aromatic nitrogens is 3. The Hall–Kier alpha value is -1.23. The molecule has 0 spiro atoms. The van der Waals surface area contributed by atoms with Gasteiger partial charge in [0.15, 0.2) is 4.83 Å². The van der Waals surface area contributed by atoms with Gasteiger partial charge in [-0.1, -0.05) is 39.3 Å². The van der Waals surface area contributed by atoms with E-state index < -0.39 is 0 Å². The fourth-order valence-corrected chi connectivity index (χ4v) is 4.56. The van der Waals surface area contributed by atoms with E-state index in [0.29, 0.717) is 17.9 Å². The van der Waals surface area contributed by atoms with Crippen LogP contribution in [0.3, 0.4) is 0 Å². The van der Waals surface area contributed by atoms with E-state index in [4.69, 9.17) is 0 Å². The molecule has 1 unspecified atom stereocenters. The molecule has 2 aromatic rings. The molecule has 3 rings (SSSR count). The Morgan fingerprint density at radius 3 is 2.82 bits per heavy atom. The van der Waals surface area contributed by atoms with Crippen LogP contribution in [0.1, 0.15) is 57.4 Å². The summed E-state index contributed by atoms with van der Waals surface area (Å²) in [7, 11) is 0. The molecule has 2 heterocycles. The van der Waals surface area contributed by atoms with Crippen LogP contribution in [0.25, 0.3) is 10.2 Å². The van der Waals surface area contributed by atoms with Crippen LogP contribution in [0.4, 0.5) is 0 Å². The van der Waals surface area contributed by atoms with Gasteiger partial charge in [-0.3, -0.25) is 4.79 Å². The van der Waals surface area contributed by atoms with Crippen molar-refractivity contribution in [2.45, 2.75) is 66.3 Å². The zero-order valence-corrected chi connectivity index (χ0v) is 14.8. The van der Waals surface area contributed by atoms with Crippen molar-refractivity contribution in [3.05, 3.63) is 20.8 Å². The molecule has 0 bridgehead atoms. The van der Waals surface area contributed by atoms with Crippen LogP contribution in [0.2, 0.25) is 0 Å². The van der Waals surface area contributed by atoms with E-state index in [1.807, 2.05) is 0 Å².